The van der Waals surface area contributed by atoms with Crippen LogP contribution < -0.4 is 14.8 Å². The third-order valence-corrected chi connectivity index (χ3v) is 5.34. The van der Waals surface area contributed by atoms with Gasteiger partial charge in [0, 0.05) is 37.1 Å². The van der Waals surface area contributed by atoms with Crippen molar-refractivity contribution in [2.75, 3.05) is 32.6 Å². The molecule has 1 fully saturated rings. The Morgan fingerprint density at radius 2 is 1.56 bits per heavy atom. The van der Waals surface area contributed by atoms with Crippen molar-refractivity contribution in [3.63, 3.8) is 0 Å². The summed E-state index contributed by atoms with van der Waals surface area (Å²) in [6.07, 6.45) is 4.86. The van der Waals surface area contributed by atoms with Gasteiger partial charge in [-0.3, -0.25) is 9.59 Å². The molecule has 1 saturated heterocycles. The van der Waals surface area contributed by atoms with E-state index in [0.717, 1.165) is 18.4 Å². The Morgan fingerprint density at radius 3 is 2.19 bits per heavy atom. The van der Waals surface area contributed by atoms with E-state index in [0.29, 0.717) is 41.7 Å². The van der Waals surface area contributed by atoms with Crippen LogP contribution in [0.3, 0.4) is 0 Å². The molecule has 0 unspecified atom stereocenters. The first-order valence-electron chi connectivity index (χ1n) is 10.3. The van der Waals surface area contributed by atoms with Gasteiger partial charge in [-0.1, -0.05) is 30.3 Å². The highest BCUT2D eigenvalue weighted by Crippen LogP contribution is 2.34. The first-order chi connectivity index (χ1) is 15.6. The molecule has 0 radical (unpaired) electrons. The van der Waals surface area contributed by atoms with Crippen molar-refractivity contribution < 1.29 is 19.1 Å². The number of benzene rings is 2. The zero-order valence-electron chi connectivity index (χ0n) is 18.0. The minimum Gasteiger partial charge on any atom is -0.493 e. The highest BCUT2D eigenvalue weighted by molar-refractivity contribution is 6.09. The lowest BCUT2D eigenvalue weighted by Gasteiger charge is -2.20. The van der Waals surface area contributed by atoms with Crippen molar-refractivity contribution in [2.24, 2.45) is 0 Å². The molecule has 32 heavy (non-hydrogen) atoms. The third-order valence-electron chi connectivity index (χ3n) is 5.34. The Bertz CT molecular complexity index is 1110. The van der Waals surface area contributed by atoms with Crippen molar-refractivity contribution >= 4 is 17.5 Å². The molecule has 1 aliphatic rings. The summed E-state index contributed by atoms with van der Waals surface area (Å²) >= 11 is 0. The normalized spacial score (nSPS) is 13.0. The van der Waals surface area contributed by atoms with E-state index in [1.54, 1.807) is 17.0 Å². The second-order valence-corrected chi connectivity index (χ2v) is 7.37. The number of nitrogens with one attached hydrogen (secondary N) is 1. The van der Waals surface area contributed by atoms with Gasteiger partial charge in [0.1, 0.15) is 0 Å². The Morgan fingerprint density at radius 1 is 0.938 bits per heavy atom. The molecule has 164 valence electrons. The fourth-order valence-electron chi connectivity index (χ4n) is 3.63. The molecule has 2 heterocycles. The molecule has 0 saturated carbocycles. The van der Waals surface area contributed by atoms with E-state index >= 15 is 0 Å². The average Bonchev–Trinajstić information content (AvgIpc) is 3.39. The van der Waals surface area contributed by atoms with Crippen LogP contribution in [0.25, 0.3) is 11.4 Å². The van der Waals surface area contributed by atoms with E-state index in [1.807, 2.05) is 30.3 Å². The summed E-state index contributed by atoms with van der Waals surface area (Å²) in [6.45, 7) is 1.38. The molecule has 1 aliphatic heterocycles. The zero-order chi connectivity index (χ0) is 22.5. The summed E-state index contributed by atoms with van der Waals surface area (Å²) in [6, 6.07) is 12.7. The summed E-state index contributed by atoms with van der Waals surface area (Å²) in [7, 11) is 3.01. The van der Waals surface area contributed by atoms with E-state index in [9.17, 15) is 9.59 Å². The lowest BCUT2D eigenvalue weighted by molar-refractivity contribution is 0.0793. The fraction of sp³-hybridized carbons (Fsp3) is 0.250. The highest BCUT2D eigenvalue weighted by Gasteiger charge is 2.25. The number of carbonyl (C=O) groups excluding carboxylic acids is 2. The quantitative estimate of drug-likeness (QED) is 0.639. The van der Waals surface area contributed by atoms with Crippen LogP contribution in [0, 0.1) is 0 Å². The molecule has 8 nitrogen and oxygen atoms in total. The van der Waals surface area contributed by atoms with E-state index in [-0.39, 0.29) is 11.5 Å². The summed E-state index contributed by atoms with van der Waals surface area (Å²) in [4.78, 5) is 36.4. The molecule has 2 amide bonds. The van der Waals surface area contributed by atoms with Gasteiger partial charge in [0.15, 0.2) is 17.3 Å². The minimum absolute atomic E-state index is 0.158. The van der Waals surface area contributed by atoms with E-state index in [4.69, 9.17) is 9.47 Å². The van der Waals surface area contributed by atoms with Gasteiger partial charge in [0.25, 0.3) is 11.8 Å². The number of carbonyl (C=O) groups is 2. The van der Waals surface area contributed by atoms with Crippen molar-refractivity contribution in [2.45, 2.75) is 12.8 Å². The Labute approximate surface area is 186 Å². The van der Waals surface area contributed by atoms with Crippen molar-refractivity contribution in [1.82, 2.24) is 14.9 Å². The molecule has 4 rings (SSSR count). The SMILES string of the molecule is COc1cc(NC(=O)c2cnc(-c3ccccc3)nc2)c(C(=O)N2CCCC2)cc1OC. The number of aromatic nitrogens is 2. The number of hydrogen-bond acceptors (Lipinski definition) is 6. The number of amides is 2. The predicted molar refractivity (Wildman–Crippen MR) is 120 cm³/mol. The van der Waals surface area contributed by atoms with Crippen molar-refractivity contribution in [3.8, 4) is 22.9 Å². The second kappa shape index (κ2) is 9.47. The van der Waals surface area contributed by atoms with Gasteiger partial charge in [-0.15, -0.1) is 0 Å². The van der Waals surface area contributed by atoms with Crippen molar-refractivity contribution in [1.29, 1.82) is 0 Å². The summed E-state index contributed by atoms with van der Waals surface area (Å²) in [5.41, 5.74) is 1.83. The van der Waals surface area contributed by atoms with Gasteiger partial charge >= 0.3 is 0 Å². The highest BCUT2D eigenvalue weighted by atomic mass is 16.5. The molecule has 3 aromatic rings. The Hall–Kier alpha value is -3.94. The fourth-order valence-corrected chi connectivity index (χ4v) is 3.63. The van der Waals surface area contributed by atoms with Crippen LogP contribution in [0.5, 0.6) is 11.5 Å². The molecular formula is C24H24N4O4. The second-order valence-electron chi connectivity index (χ2n) is 7.37. The maximum Gasteiger partial charge on any atom is 0.258 e. The minimum atomic E-state index is -0.424. The smallest absolute Gasteiger partial charge is 0.258 e. The average molecular weight is 432 g/mol. The number of rotatable bonds is 6. The van der Waals surface area contributed by atoms with Crippen LogP contribution in [-0.2, 0) is 0 Å². The van der Waals surface area contributed by atoms with E-state index < -0.39 is 5.91 Å². The zero-order valence-corrected chi connectivity index (χ0v) is 18.0. The van der Waals surface area contributed by atoms with Gasteiger partial charge in [-0.05, 0) is 18.9 Å². The van der Waals surface area contributed by atoms with Gasteiger partial charge in [-0.2, -0.15) is 0 Å². The van der Waals surface area contributed by atoms with Gasteiger partial charge in [-0.25, -0.2) is 9.97 Å². The molecular weight excluding hydrogens is 408 g/mol. The van der Waals surface area contributed by atoms with Gasteiger partial charge < -0.3 is 19.7 Å². The van der Waals surface area contributed by atoms with Crippen LogP contribution in [0.4, 0.5) is 5.69 Å². The number of ether oxygens (including phenoxy) is 2. The van der Waals surface area contributed by atoms with Gasteiger partial charge in [0.2, 0.25) is 0 Å². The molecule has 0 spiro atoms. The molecule has 0 atom stereocenters. The molecule has 8 heteroatoms. The van der Waals surface area contributed by atoms with Crippen LogP contribution >= 0.6 is 0 Å². The number of hydrogen-bond donors (Lipinski definition) is 1. The van der Waals surface area contributed by atoms with E-state index in [1.165, 1.54) is 26.6 Å². The summed E-state index contributed by atoms with van der Waals surface area (Å²) < 4.78 is 10.7. The molecule has 0 aliphatic carbocycles. The molecule has 1 aromatic heterocycles. The molecule has 2 aromatic carbocycles. The van der Waals surface area contributed by atoms with Crippen molar-refractivity contribution in [3.05, 3.63) is 66.0 Å². The molecule has 1 N–H and O–H groups in total. The number of methoxy groups -OCH3 is 2. The van der Waals surface area contributed by atoms with Crippen LogP contribution in [-0.4, -0.2) is 54.0 Å². The van der Waals surface area contributed by atoms with Crippen LogP contribution in [0.2, 0.25) is 0 Å². The van der Waals surface area contributed by atoms with Gasteiger partial charge in [0.05, 0.1) is 31.0 Å². The molecule has 0 bridgehead atoms. The maximum atomic E-state index is 13.1. The number of nitrogens with zero attached hydrogens (tertiary/aromatic N) is 3. The number of likely N-dealkylation sites (tertiary alicyclic amines) is 1. The third kappa shape index (κ3) is 4.39. The topological polar surface area (TPSA) is 93.7 Å². The standard InChI is InChI=1S/C24H24N4O4/c1-31-20-12-18(24(30)28-10-6-7-11-28)19(13-21(20)32-2)27-23(29)17-14-25-22(26-15-17)16-8-4-3-5-9-16/h3-5,8-9,12-15H,6-7,10-11H2,1-2H3,(H,27,29). The van der Waals surface area contributed by atoms with Crippen LogP contribution in [0.15, 0.2) is 54.9 Å². The monoisotopic (exact) mass is 432 g/mol. The predicted octanol–water partition coefficient (Wildman–Crippen LogP) is 3.65. The largest absolute Gasteiger partial charge is 0.493 e. The lowest BCUT2D eigenvalue weighted by atomic mass is 10.1. The van der Waals surface area contributed by atoms with E-state index in [2.05, 4.69) is 15.3 Å². The Balaban J connectivity index is 1.62. The first-order valence-corrected chi connectivity index (χ1v) is 10.3. The maximum absolute atomic E-state index is 13.1. The summed E-state index contributed by atoms with van der Waals surface area (Å²) in [5, 5.41) is 2.81. The first kappa shape index (κ1) is 21.3. The Kier molecular flexibility index (Phi) is 6.30. The lowest BCUT2D eigenvalue weighted by Crippen LogP contribution is -2.29. The number of anilines is 1. The summed E-state index contributed by atoms with van der Waals surface area (Å²) in [5.74, 6) is 0.778. The van der Waals surface area contributed by atoms with Crippen LogP contribution in [0.1, 0.15) is 33.6 Å².